The molecule has 0 unspecified atom stereocenters. The lowest BCUT2D eigenvalue weighted by atomic mass is 9.87. The van der Waals surface area contributed by atoms with Crippen LogP contribution < -0.4 is 11.1 Å². The van der Waals surface area contributed by atoms with Gasteiger partial charge in [0.2, 0.25) is 0 Å². The minimum atomic E-state index is 0.349. The summed E-state index contributed by atoms with van der Waals surface area (Å²) in [7, 11) is 4.17. The molecule has 2 atom stereocenters. The number of aliphatic imine (C=N–C) groups is 1. The molecule has 0 aliphatic carbocycles. The number of guanidine groups is 1. The van der Waals surface area contributed by atoms with Crippen LogP contribution in [0.1, 0.15) is 24.6 Å². The number of hydrogen-bond acceptors (Lipinski definition) is 3. The number of nitrogens with zero attached hydrogens (tertiary/aromatic N) is 4. The van der Waals surface area contributed by atoms with Gasteiger partial charge < -0.3 is 11.1 Å². The van der Waals surface area contributed by atoms with Crippen LogP contribution in [0, 0.1) is 5.92 Å². The summed E-state index contributed by atoms with van der Waals surface area (Å²) in [5.41, 5.74) is 7.11. The molecular weight excluding hydrogens is 264 g/mol. The highest BCUT2D eigenvalue weighted by Gasteiger charge is 2.32. The van der Waals surface area contributed by atoms with Crippen LogP contribution in [-0.2, 0) is 7.05 Å². The van der Waals surface area contributed by atoms with Gasteiger partial charge in [0.05, 0.1) is 11.7 Å². The number of nitrogens with two attached hydrogens (primary N) is 1. The van der Waals surface area contributed by atoms with Crippen LogP contribution in [0.3, 0.4) is 0 Å². The lowest BCUT2D eigenvalue weighted by Crippen LogP contribution is -2.39. The van der Waals surface area contributed by atoms with Crippen LogP contribution in [0.25, 0.3) is 0 Å². The molecule has 116 valence electrons. The molecular formula is C15H26N6. The fourth-order valence-electron chi connectivity index (χ4n) is 3.04. The van der Waals surface area contributed by atoms with Gasteiger partial charge >= 0.3 is 0 Å². The first kappa shape index (κ1) is 15.6. The molecule has 1 saturated heterocycles. The summed E-state index contributed by atoms with van der Waals surface area (Å²) in [4.78, 5) is 6.89. The van der Waals surface area contributed by atoms with E-state index in [0.29, 0.717) is 24.5 Å². The van der Waals surface area contributed by atoms with Crippen molar-refractivity contribution >= 4 is 5.96 Å². The summed E-state index contributed by atoms with van der Waals surface area (Å²) in [6.07, 6.45) is 6.00. The Kier molecular flexibility index (Phi) is 5.38. The maximum absolute atomic E-state index is 5.87. The Morgan fingerprint density at radius 1 is 1.62 bits per heavy atom. The van der Waals surface area contributed by atoms with Gasteiger partial charge in [-0.3, -0.25) is 14.6 Å². The SMILES string of the molecule is C=CCNC(N)=NC[C@@H]1CCCN(C)[C@H]1c1ccnn1C. The maximum Gasteiger partial charge on any atom is 0.188 e. The van der Waals surface area contributed by atoms with Crippen LogP contribution in [0.2, 0.25) is 0 Å². The zero-order valence-electron chi connectivity index (χ0n) is 13.0. The zero-order valence-corrected chi connectivity index (χ0v) is 13.0. The number of aromatic nitrogens is 2. The van der Waals surface area contributed by atoms with E-state index >= 15 is 0 Å². The summed E-state index contributed by atoms with van der Waals surface area (Å²) in [5, 5.41) is 7.33. The molecule has 0 aromatic carbocycles. The van der Waals surface area contributed by atoms with Crippen molar-refractivity contribution < 1.29 is 0 Å². The van der Waals surface area contributed by atoms with Crippen LogP contribution in [0.15, 0.2) is 29.9 Å². The van der Waals surface area contributed by atoms with Gasteiger partial charge in [-0.25, -0.2) is 0 Å². The summed E-state index contributed by atoms with van der Waals surface area (Å²) < 4.78 is 1.96. The van der Waals surface area contributed by atoms with Crippen molar-refractivity contribution in [3.05, 3.63) is 30.6 Å². The van der Waals surface area contributed by atoms with Gasteiger partial charge in [0, 0.05) is 26.3 Å². The normalized spacial score (nSPS) is 24.0. The number of piperidine rings is 1. The second kappa shape index (κ2) is 7.26. The molecule has 2 heterocycles. The molecule has 3 N–H and O–H groups in total. The molecule has 0 saturated carbocycles. The molecule has 0 radical (unpaired) electrons. The molecule has 0 bridgehead atoms. The molecule has 2 rings (SSSR count). The first-order valence-corrected chi connectivity index (χ1v) is 7.46. The van der Waals surface area contributed by atoms with E-state index in [1.165, 1.54) is 18.5 Å². The Labute approximate surface area is 126 Å². The fraction of sp³-hybridized carbons (Fsp3) is 0.600. The summed E-state index contributed by atoms with van der Waals surface area (Å²) >= 11 is 0. The summed E-state index contributed by atoms with van der Waals surface area (Å²) in [6, 6.07) is 2.45. The Bertz CT molecular complexity index is 492. The maximum atomic E-state index is 5.87. The second-order valence-electron chi connectivity index (χ2n) is 5.60. The third-order valence-electron chi connectivity index (χ3n) is 4.09. The van der Waals surface area contributed by atoms with E-state index in [-0.39, 0.29) is 0 Å². The lowest BCUT2D eigenvalue weighted by Gasteiger charge is -2.38. The third kappa shape index (κ3) is 3.85. The van der Waals surface area contributed by atoms with Crippen molar-refractivity contribution in [2.75, 3.05) is 26.7 Å². The molecule has 6 heteroatoms. The monoisotopic (exact) mass is 290 g/mol. The van der Waals surface area contributed by atoms with Gasteiger partial charge in [0.25, 0.3) is 0 Å². The topological polar surface area (TPSA) is 71.5 Å². The minimum absolute atomic E-state index is 0.349. The average molecular weight is 290 g/mol. The van der Waals surface area contributed by atoms with E-state index in [1.807, 2.05) is 17.9 Å². The highest BCUT2D eigenvalue weighted by atomic mass is 15.3. The number of rotatable bonds is 5. The Balaban J connectivity index is 2.08. The molecule has 1 fully saturated rings. The average Bonchev–Trinajstić information content (AvgIpc) is 2.88. The van der Waals surface area contributed by atoms with Crippen LogP contribution in [0.4, 0.5) is 0 Å². The Morgan fingerprint density at radius 3 is 3.10 bits per heavy atom. The van der Waals surface area contributed by atoms with Crippen molar-refractivity contribution in [3.63, 3.8) is 0 Å². The fourth-order valence-corrected chi connectivity index (χ4v) is 3.04. The molecule has 1 aromatic rings. The van der Waals surface area contributed by atoms with E-state index < -0.39 is 0 Å². The Morgan fingerprint density at radius 2 is 2.43 bits per heavy atom. The van der Waals surface area contributed by atoms with Gasteiger partial charge in [-0.2, -0.15) is 5.10 Å². The van der Waals surface area contributed by atoms with Crippen molar-refractivity contribution in [1.82, 2.24) is 20.0 Å². The smallest absolute Gasteiger partial charge is 0.188 e. The van der Waals surface area contributed by atoms with Gasteiger partial charge in [0.1, 0.15) is 0 Å². The molecule has 0 spiro atoms. The van der Waals surface area contributed by atoms with Crippen LogP contribution in [-0.4, -0.2) is 47.3 Å². The molecule has 0 amide bonds. The van der Waals surface area contributed by atoms with Crippen molar-refractivity contribution in [3.8, 4) is 0 Å². The van der Waals surface area contributed by atoms with Gasteiger partial charge in [-0.1, -0.05) is 6.08 Å². The van der Waals surface area contributed by atoms with Gasteiger partial charge in [-0.15, -0.1) is 6.58 Å². The zero-order chi connectivity index (χ0) is 15.2. The van der Waals surface area contributed by atoms with Crippen molar-refractivity contribution in [1.29, 1.82) is 0 Å². The first-order chi connectivity index (χ1) is 10.1. The lowest BCUT2D eigenvalue weighted by molar-refractivity contribution is 0.119. The van der Waals surface area contributed by atoms with Crippen molar-refractivity contribution in [2.45, 2.75) is 18.9 Å². The molecule has 21 heavy (non-hydrogen) atoms. The number of hydrogen-bond donors (Lipinski definition) is 2. The van der Waals surface area contributed by atoms with E-state index in [2.05, 4.69) is 40.0 Å². The van der Waals surface area contributed by atoms with E-state index in [0.717, 1.165) is 13.1 Å². The van der Waals surface area contributed by atoms with Gasteiger partial charge in [0.15, 0.2) is 5.96 Å². The van der Waals surface area contributed by atoms with E-state index in [4.69, 9.17) is 5.73 Å². The number of likely N-dealkylation sites (tertiary alicyclic amines) is 1. The van der Waals surface area contributed by atoms with Gasteiger partial charge in [-0.05, 0) is 38.4 Å². The van der Waals surface area contributed by atoms with Crippen molar-refractivity contribution in [2.24, 2.45) is 23.7 Å². The molecule has 1 aliphatic rings. The number of nitrogens with one attached hydrogen (secondary N) is 1. The minimum Gasteiger partial charge on any atom is -0.370 e. The Hall–Kier alpha value is -1.82. The quantitative estimate of drug-likeness (QED) is 0.480. The second-order valence-corrected chi connectivity index (χ2v) is 5.60. The third-order valence-corrected chi connectivity index (χ3v) is 4.09. The van der Waals surface area contributed by atoms with E-state index in [1.54, 1.807) is 6.08 Å². The van der Waals surface area contributed by atoms with Crippen LogP contribution in [0.5, 0.6) is 0 Å². The summed E-state index contributed by atoms with van der Waals surface area (Å²) in [6.45, 7) is 6.15. The van der Waals surface area contributed by atoms with E-state index in [9.17, 15) is 0 Å². The highest BCUT2D eigenvalue weighted by Crippen LogP contribution is 2.34. The predicted molar refractivity (Wildman–Crippen MR) is 86.0 cm³/mol. The first-order valence-electron chi connectivity index (χ1n) is 7.46. The molecule has 6 nitrogen and oxygen atoms in total. The van der Waals surface area contributed by atoms with Crippen LogP contribution >= 0.6 is 0 Å². The molecule has 1 aromatic heterocycles. The largest absolute Gasteiger partial charge is 0.370 e. The standard InChI is InChI=1S/C15H26N6/c1-4-8-17-15(16)18-11-12-6-5-10-20(2)14(12)13-7-9-19-21(13)3/h4,7,9,12,14H,1,5-6,8,10-11H2,2-3H3,(H3,16,17,18)/t12-,14+/m0/s1. The number of aryl methyl sites for hydroxylation is 1. The predicted octanol–water partition coefficient (Wildman–Crippen LogP) is 0.893. The molecule has 1 aliphatic heterocycles. The summed E-state index contributed by atoms with van der Waals surface area (Å²) in [5.74, 6) is 0.954. The highest BCUT2D eigenvalue weighted by molar-refractivity contribution is 5.77.